The van der Waals surface area contributed by atoms with Crippen molar-refractivity contribution in [1.82, 2.24) is 16.0 Å². The van der Waals surface area contributed by atoms with Gasteiger partial charge in [0.05, 0.1) is 6.54 Å². The van der Waals surface area contributed by atoms with Gasteiger partial charge in [-0.3, -0.25) is 4.99 Å². The molecule has 1 amide bonds. The monoisotopic (exact) mass is 378 g/mol. The summed E-state index contributed by atoms with van der Waals surface area (Å²) in [7, 11) is 0. The zero-order valence-corrected chi connectivity index (χ0v) is 16.7. The first kappa shape index (κ1) is 21.0. The van der Waals surface area contributed by atoms with E-state index in [-0.39, 0.29) is 11.2 Å². The molecule has 2 rings (SSSR count). The molecule has 6 nitrogen and oxygen atoms in total. The van der Waals surface area contributed by atoms with Crippen LogP contribution >= 0.6 is 0 Å². The van der Waals surface area contributed by atoms with Gasteiger partial charge in [-0.1, -0.05) is 12.1 Å². The van der Waals surface area contributed by atoms with E-state index < -0.39 is 11.7 Å². The van der Waals surface area contributed by atoms with E-state index in [9.17, 15) is 9.18 Å². The van der Waals surface area contributed by atoms with Crippen LogP contribution in [0.5, 0.6) is 0 Å². The largest absolute Gasteiger partial charge is 0.444 e. The zero-order chi connectivity index (χ0) is 19.9. The number of carbonyl (C=O) groups excluding carboxylic acids is 1. The van der Waals surface area contributed by atoms with Crippen LogP contribution in [0.2, 0.25) is 0 Å². The number of benzene rings is 1. The average molecular weight is 378 g/mol. The van der Waals surface area contributed by atoms with Crippen LogP contribution < -0.4 is 16.0 Å². The van der Waals surface area contributed by atoms with Crippen LogP contribution in [0.4, 0.5) is 9.18 Å². The molecular weight excluding hydrogens is 347 g/mol. The first-order valence-corrected chi connectivity index (χ1v) is 9.49. The maximum atomic E-state index is 13.1. The highest BCUT2D eigenvalue weighted by molar-refractivity contribution is 5.80. The third-order valence-electron chi connectivity index (χ3n) is 4.28. The van der Waals surface area contributed by atoms with Gasteiger partial charge in [-0.15, -0.1) is 0 Å². The molecule has 0 spiro atoms. The molecule has 1 aliphatic carbocycles. The Kier molecular flexibility index (Phi) is 7.05. The third-order valence-corrected chi connectivity index (χ3v) is 4.28. The van der Waals surface area contributed by atoms with E-state index in [2.05, 4.69) is 20.9 Å². The molecule has 0 heterocycles. The summed E-state index contributed by atoms with van der Waals surface area (Å²) in [4.78, 5) is 16.3. The van der Waals surface area contributed by atoms with Gasteiger partial charge < -0.3 is 20.7 Å². The molecule has 1 aromatic rings. The highest BCUT2D eigenvalue weighted by atomic mass is 19.1. The molecule has 0 aliphatic heterocycles. The van der Waals surface area contributed by atoms with Crippen LogP contribution in [0.1, 0.15) is 46.1 Å². The van der Waals surface area contributed by atoms with Crippen LogP contribution in [-0.2, 0) is 10.2 Å². The Hall–Kier alpha value is -2.31. The van der Waals surface area contributed by atoms with Crippen molar-refractivity contribution >= 4 is 12.1 Å². The van der Waals surface area contributed by atoms with Gasteiger partial charge in [-0.2, -0.15) is 0 Å². The fraction of sp³-hybridized carbons (Fsp3) is 0.600. The normalized spacial score (nSPS) is 15.8. The lowest BCUT2D eigenvalue weighted by Gasteiger charge is -2.20. The number of amides is 1. The van der Waals surface area contributed by atoms with Crippen molar-refractivity contribution in [3.63, 3.8) is 0 Å². The van der Waals surface area contributed by atoms with Gasteiger partial charge in [0, 0.05) is 25.0 Å². The third kappa shape index (κ3) is 7.07. The maximum Gasteiger partial charge on any atom is 0.407 e. The van der Waals surface area contributed by atoms with Crippen LogP contribution in [0.25, 0.3) is 0 Å². The van der Waals surface area contributed by atoms with E-state index in [4.69, 9.17) is 4.74 Å². The van der Waals surface area contributed by atoms with E-state index in [1.54, 1.807) is 0 Å². The molecule has 1 aromatic carbocycles. The van der Waals surface area contributed by atoms with Crippen molar-refractivity contribution < 1.29 is 13.9 Å². The second-order valence-electron chi connectivity index (χ2n) is 7.84. The molecule has 150 valence electrons. The molecule has 27 heavy (non-hydrogen) atoms. The summed E-state index contributed by atoms with van der Waals surface area (Å²) in [6.07, 6.45) is 1.68. The van der Waals surface area contributed by atoms with Crippen molar-refractivity contribution in [2.24, 2.45) is 4.99 Å². The number of hydrogen-bond donors (Lipinski definition) is 3. The number of halogens is 1. The van der Waals surface area contributed by atoms with E-state index in [1.807, 2.05) is 39.8 Å². The first-order valence-electron chi connectivity index (χ1n) is 9.49. The molecule has 0 aromatic heterocycles. The predicted octanol–water partition coefficient (Wildman–Crippen LogP) is 2.94. The molecular formula is C20H31FN4O2. The van der Waals surface area contributed by atoms with Crippen molar-refractivity contribution in [2.75, 3.05) is 26.2 Å². The Morgan fingerprint density at radius 1 is 1.15 bits per heavy atom. The number of nitrogens with one attached hydrogen (secondary N) is 3. The molecule has 1 fully saturated rings. The van der Waals surface area contributed by atoms with Crippen molar-refractivity contribution in [3.05, 3.63) is 35.6 Å². The highest BCUT2D eigenvalue weighted by Crippen LogP contribution is 2.48. The van der Waals surface area contributed by atoms with Gasteiger partial charge in [0.2, 0.25) is 0 Å². The Morgan fingerprint density at radius 3 is 2.33 bits per heavy atom. The lowest BCUT2D eigenvalue weighted by Crippen LogP contribution is -2.42. The molecule has 7 heteroatoms. The maximum absolute atomic E-state index is 13.1. The number of alkyl carbamates (subject to hydrolysis) is 1. The molecule has 0 saturated heterocycles. The minimum absolute atomic E-state index is 0.0187. The Bertz CT molecular complexity index is 649. The number of nitrogens with zero attached hydrogens (tertiary/aromatic N) is 1. The van der Waals surface area contributed by atoms with Gasteiger partial charge in [-0.25, -0.2) is 9.18 Å². The lowest BCUT2D eigenvalue weighted by atomic mass is 9.96. The number of hydrogen-bond acceptors (Lipinski definition) is 3. The Labute approximate surface area is 161 Å². The summed E-state index contributed by atoms with van der Waals surface area (Å²) in [5.74, 6) is 0.488. The highest BCUT2D eigenvalue weighted by Gasteiger charge is 2.44. The first-order chi connectivity index (χ1) is 12.7. The fourth-order valence-corrected chi connectivity index (χ4v) is 2.72. The smallest absolute Gasteiger partial charge is 0.407 e. The van der Waals surface area contributed by atoms with E-state index in [1.165, 1.54) is 12.1 Å². The quantitative estimate of drug-likeness (QED) is 0.387. The van der Waals surface area contributed by atoms with Gasteiger partial charge in [-0.05, 0) is 58.2 Å². The van der Waals surface area contributed by atoms with Crippen molar-refractivity contribution in [2.45, 2.75) is 51.6 Å². The van der Waals surface area contributed by atoms with E-state index in [0.29, 0.717) is 25.6 Å². The summed E-state index contributed by atoms with van der Waals surface area (Å²) in [6, 6.07) is 6.71. The molecule has 3 N–H and O–H groups in total. The van der Waals surface area contributed by atoms with Crippen LogP contribution in [0, 0.1) is 5.82 Å². The molecule has 0 atom stereocenters. The van der Waals surface area contributed by atoms with Gasteiger partial charge in [0.1, 0.15) is 11.4 Å². The molecule has 0 unspecified atom stereocenters. The second kappa shape index (κ2) is 9.06. The number of carbonyl (C=O) groups is 1. The van der Waals surface area contributed by atoms with Crippen molar-refractivity contribution in [3.8, 4) is 0 Å². The Balaban J connectivity index is 1.82. The van der Waals surface area contributed by atoms with Crippen LogP contribution in [0.15, 0.2) is 29.3 Å². The number of ether oxygens (including phenoxy) is 1. The summed E-state index contributed by atoms with van der Waals surface area (Å²) >= 11 is 0. The zero-order valence-electron chi connectivity index (χ0n) is 16.7. The minimum atomic E-state index is -0.507. The average Bonchev–Trinajstić information content (AvgIpc) is 3.36. The van der Waals surface area contributed by atoms with E-state index in [0.717, 1.165) is 24.9 Å². The lowest BCUT2D eigenvalue weighted by molar-refractivity contribution is 0.0529. The number of rotatable bonds is 7. The molecule has 0 radical (unpaired) electrons. The van der Waals surface area contributed by atoms with Crippen molar-refractivity contribution in [1.29, 1.82) is 0 Å². The molecule has 0 bridgehead atoms. The summed E-state index contributed by atoms with van der Waals surface area (Å²) in [6.45, 7) is 9.85. The SMILES string of the molecule is CCNC(=NCC1(c2ccc(F)cc2)CC1)NCCNC(=O)OC(C)(C)C. The minimum Gasteiger partial charge on any atom is -0.444 e. The second-order valence-corrected chi connectivity index (χ2v) is 7.84. The van der Waals surface area contributed by atoms with Crippen LogP contribution in [-0.4, -0.2) is 43.8 Å². The number of guanidine groups is 1. The topological polar surface area (TPSA) is 74.8 Å². The van der Waals surface area contributed by atoms with Gasteiger partial charge in [0.15, 0.2) is 5.96 Å². The van der Waals surface area contributed by atoms with Gasteiger partial charge >= 0.3 is 6.09 Å². The fourth-order valence-electron chi connectivity index (χ4n) is 2.72. The molecule has 1 saturated carbocycles. The predicted molar refractivity (Wildman–Crippen MR) is 106 cm³/mol. The van der Waals surface area contributed by atoms with Crippen LogP contribution in [0.3, 0.4) is 0 Å². The summed E-state index contributed by atoms with van der Waals surface area (Å²) in [5.41, 5.74) is 0.646. The standard InChI is InChI=1S/C20H31FN4O2/c1-5-22-17(23-12-13-24-18(26)27-19(2,3)4)25-14-20(10-11-20)15-6-8-16(21)9-7-15/h6-9H,5,10-14H2,1-4H3,(H,24,26)(H2,22,23,25). The molecule has 1 aliphatic rings. The summed E-state index contributed by atoms with van der Waals surface area (Å²) < 4.78 is 18.3. The number of aliphatic imine (C=N–C) groups is 1. The summed E-state index contributed by atoms with van der Waals surface area (Å²) in [5, 5.41) is 9.12. The van der Waals surface area contributed by atoms with Gasteiger partial charge in [0.25, 0.3) is 0 Å². The van der Waals surface area contributed by atoms with E-state index >= 15 is 0 Å². The Morgan fingerprint density at radius 2 is 1.78 bits per heavy atom.